The van der Waals surface area contributed by atoms with E-state index < -0.39 is 22.2 Å². The highest BCUT2D eigenvalue weighted by Crippen LogP contribution is 2.37. The molecular weight excluding hydrogens is 281 g/mol. The molecule has 5 nitrogen and oxygen atoms in total. The predicted octanol–water partition coefficient (Wildman–Crippen LogP) is 1.78. The van der Waals surface area contributed by atoms with Crippen molar-refractivity contribution < 1.29 is 8.60 Å². The van der Waals surface area contributed by atoms with Gasteiger partial charge in [0.05, 0.1) is 22.1 Å². The molecule has 0 aromatic carbocycles. The molecule has 4 rings (SSSR count). The van der Waals surface area contributed by atoms with Crippen LogP contribution in [0.5, 0.6) is 0 Å². The van der Waals surface area contributed by atoms with Gasteiger partial charge in [0.2, 0.25) is 5.16 Å². The van der Waals surface area contributed by atoms with Gasteiger partial charge in [0.1, 0.15) is 5.65 Å². The summed E-state index contributed by atoms with van der Waals surface area (Å²) < 4.78 is 27.5. The Labute approximate surface area is 117 Å². The van der Waals surface area contributed by atoms with Crippen LogP contribution in [-0.2, 0) is 10.8 Å². The van der Waals surface area contributed by atoms with Crippen molar-refractivity contribution in [1.82, 2.24) is 14.5 Å². The van der Waals surface area contributed by atoms with E-state index in [4.69, 9.17) is 0 Å². The Bertz CT molecular complexity index is 789. The monoisotopic (exact) mass is 295 g/mol. The second-order valence-corrected chi connectivity index (χ2v) is 6.50. The zero-order valence-corrected chi connectivity index (χ0v) is 10.7. The summed E-state index contributed by atoms with van der Waals surface area (Å²) in [6.07, 6.45) is 3.81. The number of rotatable bonds is 0. The number of pyridine rings is 1. The first-order valence-corrected chi connectivity index (χ1v) is 7.36. The molecule has 2 aromatic rings. The van der Waals surface area contributed by atoms with Crippen molar-refractivity contribution in [2.24, 2.45) is 0 Å². The van der Waals surface area contributed by atoms with Gasteiger partial charge < -0.3 is 0 Å². The van der Waals surface area contributed by atoms with Crippen LogP contribution in [-0.4, -0.2) is 24.0 Å². The van der Waals surface area contributed by atoms with Crippen LogP contribution in [0.3, 0.4) is 0 Å². The molecule has 0 saturated heterocycles. The Balaban J connectivity index is 0.00000121. The molecule has 1 aliphatic heterocycles. The van der Waals surface area contributed by atoms with Gasteiger partial charge in [-0.1, -0.05) is 13.8 Å². The second kappa shape index (κ2) is 4.44. The summed E-state index contributed by atoms with van der Waals surface area (Å²) in [5.41, 5.74) is -0.271. The number of halogens is 1. The summed E-state index contributed by atoms with van der Waals surface area (Å²) in [7, 11) is -1.33. The van der Waals surface area contributed by atoms with Gasteiger partial charge in [0.15, 0.2) is 5.82 Å². The first kappa shape index (κ1) is 13.4. The van der Waals surface area contributed by atoms with Gasteiger partial charge in [-0.15, -0.1) is 0 Å². The summed E-state index contributed by atoms with van der Waals surface area (Å²) in [5.74, 6) is -0.804. The number of hydrogen-bond donors (Lipinski definition) is 0. The molecule has 2 aromatic heterocycles. The number of fused-ring (bicyclic) bond motifs is 3. The number of aromatic nitrogens is 3. The van der Waals surface area contributed by atoms with Crippen LogP contribution in [0.1, 0.15) is 32.7 Å². The topological polar surface area (TPSA) is 64.8 Å². The third-order valence-electron chi connectivity index (χ3n) is 3.91. The average Bonchev–Trinajstić information content (AvgIpc) is 2.84. The number of hydrogen-bond acceptors (Lipinski definition) is 4. The van der Waals surface area contributed by atoms with Crippen molar-refractivity contribution >= 4 is 21.8 Å². The maximum Gasteiger partial charge on any atom is 0.288 e. The van der Waals surface area contributed by atoms with Crippen LogP contribution in [0.15, 0.2) is 22.2 Å². The van der Waals surface area contributed by atoms with Crippen molar-refractivity contribution in [3.05, 3.63) is 28.4 Å². The molecule has 20 heavy (non-hydrogen) atoms. The van der Waals surface area contributed by atoms with Crippen LogP contribution in [0.25, 0.3) is 11.0 Å². The lowest BCUT2D eigenvalue weighted by atomic mass is 10.2. The Hall–Kier alpha value is -1.63. The van der Waals surface area contributed by atoms with Gasteiger partial charge in [-0.3, -0.25) is 13.6 Å². The standard InChI is InChI=1S/C12H10FN3O2S.CH4/c13-7-4-6-5-14-12-15-10(6)16(11(7)17)8-2-1-3-9(8)19(12)18;/h4-5,8-9H,1-3H2;1H4. The molecule has 1 saturated carbocycles. The van der Waals surface area contributed by atoms with Crippen molar-refractivity contribution in [1.29, 1.82) is 0 Å². The van der Waals surface area contributed by atoms with E-state index in [1.165, 1.54) is 10.8 Å². The fraction of sp³-hybridized carbons (Fsp3) is 0.462. The molecule has 0 amide bonds. The highest BCUT2D eigenvalue weighted by atomic mass is 32.2. The molecular formula is C13H14FN3O2S. The van der Waals surface area contributed by atoms with E-state index in [1.54, 1.807) is 0 Å². The van der Waals surface area contributed by atoms with Crippen LogP contribution < -0.4 is 5.56 Å². The molecule has 1 fully saturated rings. The highest BCUT2D eigenvalue weighted by Gasteiger charge is 2.39. The lowest BCUT2D eigenvalue weighted by molar-refractivity contribution is 0.494. The van der Waals surface area contributed by atoms with E-state index in [0.717, 1.165) is 25.3 Å². The largest absolute Gasteiger partial charge is 0.288 e. The van der Waals surface area contributed by atoms with E-state index >= 15 is 0 Å². The van der Waals surface area contributed by atoms with Gasteiger partial charge in [-0.2, -0.15) is 0 Å². The Morgan fingerprint density at radius 1 is 1.40 bits per heavy atom. The molecule has 2 aliphatic rings. The Morgan fingerprint density at radius 3 is 3.00 bits per heavy atom. The SMILES string of the molecule is C.O=c1c(F)cc2cnc3nc2n1C1CCCC1S3=O. The predicted molar refractivity (Wildman–Crippen MR) is 73.6 cm³/mol. The van der Waals surface area contributed by atoms with Gasteiger partial charge in [0, 0.05) is 11.6 Å². The van der Waals surface area contributed by atoms with Crippen molar-refractivity contribution in [3.8, 4) is 0 Å². The minimum atomic E-state index is -1.33. The van der Waals surface area contributed by atoms with Crippen LogP contribution in [0.2, 0.25) is 0 Å². The van der Waals surface area contributed by atoms with Crippen molar-refractivity contribution in [2.45, 2.75) is 43.1 Å². The zero-order chi connectivity index (χ0) is 13.1. The quantitative estimate of drug-likeness (QED) is 0.695. The van der Waals surface area contributed by atoms with Gasteiger partial charge in [0.25, 0.3) is 5.56 Å². The zero-order valence-electron chi connectivity index (χ0n) is 9.88. The maximum atomic E-state index is 13.7. The summed E-state index contributed by atoms with van der Waals surface area (Å²) >= 11 is 0. The minimum absolute atomic E-state index is 0. The molecule has 0 spiro atoms. The van der Waals surface area contributed by atoms with Crippen molar-refractivity contribution in [3.63, 3.8) is 0 Å². The van der Waals surface area contributed by atoms with Crippen LogP contribution in [0.4, 0.5) is 4.39 Å². The molecule has 2 bridgehead atoms. The lowest BCUT2D eigenvalue weighted by Crippen LogP contribution is -2.31. The summed E-state index contributed by atoms with van der Waals surface area (Å²) in [4.78, 5) is 20.3. The maximum absolute atomic E-state index is 13.7. The van der Waals surface area contributed by atoms with Crippen LogP contribution >= 0.6 is 0 Å². The molecule has 1 aliphatic carbocycles. The van der Waals surface area contributed by atoms with Gasteiger partial charge in [-0.25, -0.2) is 14.4 Å². The number of nitrogens with zero attached hydrogens (tertiary/aromatic N) is 3. The minimum Gasteiger partial charge on any atom is -0.286 e. The molecule has 3 heterocycles. The first-order chi connectivity index (χ1) is 9.16. The summed E-state index contributed by atoms with van der Waals surface area (Å²) in [6, 6.07) is 0.914. The molecule has 3 unspecified atom stereocenters. The van der Waals surface area contributed by atoms with E-state index in [-0.39, 0.29) is 23.9 Å². The summed E-state index contributed by atoms with van der Waals surface area (Å²) in [5, 5.41) is 0.537. The third-order valence-corrected chi connectivity index (χ3v) is 5.57. The van der Waals surface area contributed by atoms with E-state index in [1.807, 2.05) is 0 Å². The fourth-order valence-electron chi connectivity index (χ4n) is 3.06. The molecule has 3 atom stereocenters. The normalized spacial score (nSPS) is 27.1. The Kier molecular flexibility index (Phi) is 2.97. The molecule has 0 N–H and O–H groups in total. The Morgan fingerprint density at radius 2 is 2.20 bits per heavy atom. The smallest absolute Gasteiger partial charge is 0.286 e. The molecule has 0 radical (unpaired) electrons. The van der Waals surface area contributed by atoms with E-state index in [9.17, 15) is 13.4 Å². The second-order valence-electron chi connectivity index (χ2n) is 4.93. The lowest BCUT2D eigenvalue weighted by Gasteiger charge is -2.18. The highest BCUT2D eigenvalue weighted by molar-refractivity contribution is 7.85. The van der Waals surface area contributed by atoms with E-state index in [0.29, 0.717) is 11.0 Å². The van der Waals surface area contributed by atoms with Gasteiger partial charge >= 0.3 is 0 Å². The van der Waals surface area contributed by atoms with Crippen molar-refractivity contribution in [2.75, 3.05) is 0 Å². The third kappa shape index (κ3) is 1.59. The fourth-order valence-corrected chi connectivity index (χ4v) is 4.59. The van der Waals surface area contributed by atoms with E-state index in [2.05, 4.69) is 9.97 Å². The van der Waals surface area contributed by atoms with Gasteiger partial charge in [-0.05, 0) is 18.9 Å². The van der Waals surface area contributed by atoms with Crippen LogP contribution in [0, 0.1) is 5.82 Å². The average molecular weight is 295 g/mol. The molecule has 106 valence electrons. The first-order valence-electron chi connectivity index (χ1n) is 6.15. The molecule has 7 heteroatoms. The summed E-state index contributed by atoms with van der Waals surface area (Å²) in [6.45, 7) is 0.